The molecule has 0 heterocycles. The van der Waals surface area contributed by atoms with E-state index in [0.29, 0.717) is 11.3 Å². The summed E-state index contributed by atoms with van der Waals surface area (Å²) in [5.41, 5.74) is 0.624. The second-order valence-electron chi connectivity index (χ2n) is 3.50. The Kier molecular flexibility index (Phi) is 6.90. The molecule has 1 aromatic rings. The molecule has 20 heavy (non-hydrogen) atoms. The lowest BCUT2D eigenvalue weighted by Crippen LogP contribution is -2.29. The van der Waals surface area contributed by atoms with Crippen molar-refractivity contribution in [3.05, 3.63) is 40.4 Å². The van der Waals surface area contributed by atoms with E-state index in [-0.39, 0.29) is 22.7 Å². The van der Waals surface area contributed by atoms with E-state index in [4.69, 9.17) is 32.8 Å². The zero-order valence-corrected chi connectivity index (χ0v) is 12.5. The van der Waals surface area contributed by atoms with Gasteiger partial charge in [0.2, 0.25) is 0 Å². The molecule has 1 amide bonds. The number of rotatable bonds is 6. The van der Waals surface area contributed by atoms with Crippen molar-refractivity contribution in [1.82, 2.24) is 5.32 Å². The Morgan fingerprint density at radius 1 is 1.40 bits per heavy atom. The number of likely N-dealkylation sites (N-methyl/N-ethyl adjacent to an activating group) is 1. The lowest BCUT2D eigenvalue weighted by Gasteiger charge is -2.11. The molecule has 0 atom stereocenters. The zero-order chi connectivity index (χ0) is 15.0. The number of amides is 1. The van der Waals surface area contributed by atoms with Crippen LogP contribution in [0.3, 0.4) is 0 Å². The van der Waals surface area contributed by atoms with E-state index in [1.54, 1.807) is 24.3 Å². The fraction of sp³-hybridized carbons (Fsp3) is 0.231. The molecule has 0 aliphatic heterocycles. The number of nitrogens with one attached hydrogen (secondary N) is 1. The molecule has 0 unspecified atom stereocenters. The number of carbonyl (C=O) groups excluding carboxylic acids is 1. The van der Waals surface area contributed by atoms with Gasteiger partial charge in [-0.1, -0.05) is 40.5 Å². The summed E-state index contributed by atoms with van der Waals surface area (Å²) in [6.07, 6.45) is 1.49. The van der Waals surface area contributed by atoms with Gasteiger partial charge in [-0.25, -0.2) is 0 Å². The van der Waals surface area contributed by atoms with Gasteiger partial charge < -0.3 is 14.9 Å². The van der Waals surface area contributed by atoms with Gasteiger partial charge in [-0.05, 0) is 18.2 Å². The molecule has 0 saturated heterocycles. The normalized spacial score (nSPS) is 10.7. The Morgan fingerprint density at radius 2 is 2.10 bits per heavy atom. The van der Waals surface area contributed by atoms with Crippen molar-refractivity contribution in [2.24, 2.45) is 5.16 Å². The number of para-hydroxylation sites is 1. The highest BCUT2D eigenvalue weighted by Gasteiger charge is 2.17. The predicted octanol–water partition coefficient (Wildman–Crippen LogP) is 2.48. The standard InChI is InChI=1S/C13H14Cl2N2O3/c1-16-13(18)12(17-19-2)9-5-3-4-6-10(9)20-8-7-11(14)15/h3-7H,8H2,1-2H3,(H,16,18)/b17-12-. The maximum absolute atomic E-state index is 11.8. The van der Waals surface area contributed by atoms with Gasteiger partial charge in [-0.3, -0.25) is 4.79 Å². The Hall–Kier alpha value is -1.72. The van der Waals surface area contributed by atoms with Crippen molar-refractivity contribution in [3.63, 3.8) is 0 Å². The molecule has 0 spiro atoms. The van der Waals surface area contributed by atoms with Crippen molar-refractivity contribution < 1.29 is 14.4 Å². The van der Waals surface area contributed by atoms with Gasteiger partial charge in [-0.15, -0.1) is 0 Å². The van der Waals surface area contributed by atoms with Crippen molar-refractivity contribution in [1.29, 1.82) is 0 Å². The third-order valence-corrected chi connectivity index (χ3v) is 2.55. The first-order chi connectivity index (χ1) is 9.60. The number of benzene rings is 1. The third kappa shape index (κ3) is 4.75. The molecule has 0 radical (unpaired) electrons. The van der Waals surface area contributed by atoms with Gasteiger partial charge >= 0.3 is 0 Å². The molecule has 0 aliphatic carbocycles. The number of ether oxygens (including phenoxy) is 1. The van der Waals surface area contributed by atoms with Gasteiger partial charge in [0.15, 0.2) is 5.71 Å². The Bertz CT molecular complexity index is 526. The molecule has 108 valence electrons. The van der Waals surface area contributed by atoms with Crippen molar-refractivity contribution in [2.75, 3.05) is 20.8 Å². The van der Waals surface area contributed by atoms with E-state index in [9.17, 15) is 4.79 Å². The molecule has 1 aromatic carbocycles. The molecule has 1 rings (SSSR count). The maximum Gasteiger partial charge on any atom is 0.273 e. The number of carbonyl (C=O) groups is 1. The zero-order valence-electron chi connectivity index (χ0n) is 11.0. The minimum atomic E-state index is -0.381. The van der Waals surface area contributed by atoms with E-state index in [0.717, 1.165) is 0 Å². The SMILES string of the molecule is CNC(=O)/C(=N\OC)c1ccccc1OCC=C(Cl)Cl. The summed E-state index contributed by atoms with van der Waals surface area (Å²) >= 11 is 11.0. The summed E-state index contributed by atoms with van der Waals surface area (Å²) in [4.78, 5) is 16.5. The topological polar surface area (TPSA) is 59.9 Å². The van der Waals surface area contributed by atoms with Crippen LogP contribution in [-0.4, -0.2) is 32.4 Å². The first kappa shape index (κ1) is 16.3. The van der Waals surface area contributed by atoms with E-state index in [2.05, 4.69) is 10.5 Å². The largest absolute Gasteiger partial charge is 0.489 e. The monoisotopic (exact) mass is 316 g/mol. The van der Waals surface area contributed by atoms with Crippen LogP contribution in [0.5, 0.6) is 5.75 Å². The fourth-order valence-corrected chi connectivity index (χ4v) is 1.53. The lowest BCUT2D eigenvalue weighted by molar-refractivity contribution is -0.114. The second kappa shape index (κ2) is 8.45. The summed E-state index contributed by atoms with van der Waals surface area (Å²) < 4.78 is 5.62. The average Bonchev–Trinajstić information content (AvgIpc) is 2.44. The molecular formula is C13H14Cl2N2O3. The van der Waals surface area contributed by atoms with Gasteiger partial charge in [0.05, 0.1) is 5.56 Å². The van der Waals surface area contributed by atoms with E-state index in [1.165, 1.54) is 20.2 Å². The van der Waals surface area contributed by atoms with Crippen LogP contribution < -0.4 is 10.1 Å². The van der Waals surface area contributed by atoms with Crippen LogP contribution in [0, 0.1) is 0 Å². The quantitative estimate of drug-likeness (QED) is 0.648. The number of oxime groups is 1. The predicted molar refractivity (Wildman–Crippen MR) is 79.3 cm³/mol. The third-order valence-electron chi connectivity index (χ3n) is 2.24. The highest BCUT2D eigenvalue weighted by atomic mass is 35.5. The van der Waals surface area contributed by atoms with Crippen molar-refractivity contribution >= 4 is 34.8 Å². The number of hydrogen-bond donors (Lipinski definition) is 1. The molecule has 7 heteroatoms. The summed E-state index contributed by atoms with van der Waals surface area (Å²) in [6.45, 7) is 0.174. The molecule has 0 bridgehead atoms. The molecule has 0 aromatic heterocycles. The van der Waals surface area contributed by atoms with E-state index < -0.39 is 0 Å². The van der Waals surface area contributed by atoms with Gasteiger partial charge in [-0.2, -0.15) is 0 Å². The van der Waals surface area contributed by atoms with Crippen molar-refractivity contribution in [2.45, 2.75) is 0 Å². The number of hydrogen-bond acceptors (Lipinski definition) is 4. The molecule has 5 nitrogen and oxygen atoms in total. The summed E-state index contributed by atoms with van der Waals surface area (Å²) in [5.74, 6) is 0.0894. The highest BCUT2D eigenvalue weighted by Crippen LogP contribution is 2.20. The van der Waals surface area contributed by atoms with Crippen LogP contribution in [-0.2, 0) is 9.63 Å². The van der Waals surface area contributed by atoms with Crippen LogP contribution in [0.2, 0.25) is 0 Å². The first-order valence-corrected chi connectivity index (χ1v) is 6.42. The maximum atomic E-state index is 11.8. The van der Waals surface area contributed by atoms with Gasteiger partial charge in [0, 0.05) is 7.05 Å². The van der Waals surface area contributed by atoms with Crippen LogP contribution in [0.15, 0.2) is 40.0 Å². The summed E-state index contributed by atoms with van der Waals surface area (Å²) in [7, 11) is 2.87. The Morgan fingerprint density at radius 3 is 2.70 bits per heavy atom. The van der Waals surface area contributed by atoms with Crippen LogP contribution in [0.4, 0.5) is 0 Å². The van der Waals surface area contributed by atoms with Crippen LogP contribution >= 0.6 is 23.2 Å². The molecule has 1 N–H and O–H groups in total. The smallest absolute Gasteiger partial charge is 0.273 e. The average molecular weight is 317 g/mol. The Balaban J connectivity index is 3.07. The highest BCUT2D eigenvalue weighted by molar-refractivity contribution is 6.55. The van der Waals surface area contributed by atoms with Crippen LogP contribution in [0.1, 0.15) is 5.56 Å². The molecule has 0 fully saturated rings. The molecule has 0 aliphatic rings. The van der Waals surface area contributed by atoms with Gasteiger partial charge in [0.25, 0.3) is 5.91 Å². The first-order valence-electron chi connectivity index (χ1n) is 5.66. The summed E-state index contributed by atoms with van der Waals surface area (Å²) in [5, 5.41) is 6.22. The Labute approximate surface area is 127 Å². The summed E-state index contributed by atoms with van der Waals surface area (Å²) in [6, 6.07) is 6.95. The van der Waals surface area contributed by atoms with Crippen LogP contribution in [0.25, 0.3) is 0 Å². The molecule has 0 saturated carbocycles. The van der Waals surface area contributed by atoms with Gasteiger partial charge in [0.1, 0.15) is 24.0 Å². The second-order valence-corrected chi connectivity index (χ2v) is 4.51. The van der Waals surface area contributed by atoms with Crippen molar-refractivity contribution in [3.8, 4) is 5.75 Å². The number of nitrogens with zero attached hydrogens (tertiary/aromatic N) is 1. The van der Waals surface area contributed by atoms with E-state index >= 15 is 0 Å². The minimum absolute atomic E-state index is 0.111. The van der Waals surface area contributed by atoms with E-state index in [1.807, 2.05) is 0 Å². The molecular weight excluding hydrogens is 303 g/mol. The fourth-order valence-electron chi connectivity index (χ4n) is 1.41. The lowest BCUT2D eigenvalue weighted by atomic mass is 10.1. The minimum Gasteiger partial charge on any atom is -0.489 e. The number of halogens is 2.